The van der Waals surface area contributed by atoms with Crippen LogP contribution < -0.4 is 5.32 Å². The van der Waals surface area contributed by atoms with Crippen molar-refractivity contribution >= 4 is 5.91 Å². The summed E-state index contributed by atoms with van der Waals surface area (Å²) < 4.78 is 0. The van der Waals surface area contributed by atoms with Gasteiger partial charge in [0.25, 0.3) is 0 Å². The summed E-state index contributed by atoms with van der Waals surface area (Å²) in [5.41, 5.74) is 0. The fourth-order valence-electron chi connectivity index (χ4n) is 2.79. The molecule has 0 spiro atoms. The molecule has 0 radical (unpaired) electrons. The highest BCUT2D eigenvalue weighted by Gasteiger charge is 2.28. The molecule has 0 aromatic rings. The number of carbonyl (C=O) groups is 1. The molecule has 16 heavy (non-hydrogen) atoms. The molecule has 0 saturated carbocycles. The number of rotatable bonds is 4. The van der Waals surface area contributed by atoms with Crippen LogP contribution in [-0.4, -0.2) is 48.2 Å². The minimum atomic E-state index is 0.0919. The van der Waals surface area contributed by atoms with Gasteiger partial charge in [-0.05, 0) is 44.7 Å². The molecule has 2 N–H and O–H groups in total. The molecule has 92 valence electrons. The second kappa shape index (κ2) is 5.64. The van der Waals surface area contributed by atoms with E-state index in [1.165, 1.54) is 6.42 Å². The van der Waals surface area contributed by atoms with Gasteiger partial charge in [-0.2, -0.15) is 0 Å². The summed E-state index contributed by atoms with van der Waals surface area (Å²) in [6.07, 6.45) is 4.87. The van der Waals surface area contributed by atoms with E-state index in [1.54, 1.807) is 0 Å². The summed E-state index contributed by atoms with van der Waals surface area (Å²) in [5.74, 6) is 0.919. The Balaban J connectivity index is 1.74. The lowest BCUT2D eigenvalue weighted by molar-refractivity contribution is -0.133. The number of hydrogen-bond acceptors (Lipinski definition) is 3. The van der Waals surface area contributed by atoms with Crippen LogP contribution in [0, 0.1) is 5.92 Å². The number of likely N-dealkylation sites (tertiary alicyclic amines) is 1. The molecule has 4 heteroatoms. The second-order valence-electron chi connectivity index (χ2n) is 4.96. The molecule has 1 amide bonds. The first-order valence-electron chi connectivity index (χ1n) is 6.42. The Morgan fingerprint density at radius 3 is 3.00 bits per heavy atom. The Kier molecular flexibility index (Phi) is 4.18. The largest absolute Gasteiger partial charge is 0.394 e. The third kappa shape index (κ3) is 2.74. The normalized spacial score (nSPS) is 29.9. The van der Waals surface area contributed by atoms with Crippen LogP contribution in [0.2, 0.25) is 0 Å². The van der Waals surface area contributed by atoms with Crippen molar-refractivity contribution in [2.75, 3.05) is 26.2 Å². The minimum Gasteiger partial charge on any atom is -0.394 e. The van der Waals surface area contributed by atoms with Crippen LogP contribution in [0.25, 0.3) is 0 Å². The number of aliphatic hydroxyl groups excluding tert-OH is 1. The van der Waals surface area contributed by atoms with E-state index < -0.39 is 0 Å². The van der Waals surface area contributed by atoms with Gasteiger partial charge in [0.2, 0.25) is 5.91 Å². The molecular formula is C12H22N2O2. The van der Waals surface area contributed by atoms with Crippen LogP contribution in [0.5, 0.6) is 0 Å². The van der Waals surface area contributed by atoms with Crippen LogP contribution in [0.15, 0.2) is 0 Å². The highest BCUT2D eigenvalue weighted by molar-refractivity contribution is 5.76. The van der Waals surface area contributed by atoms with E-state index >= 15 is 0 Å². The van der Waals surface area contributed by atoms with Gasteiger partial charge in [0.1, 0.15) is 0 Å². The van der Waals surface area contributed by atoms with Crippen molar-refractivity contribution in [2.45, 2.75) is 38.1 Å². The molecule has 4 nitrogen and oxygen atoms in total. The highest BCUT2D eigenvalue weighted by atomic mass is 16.3. The topological polar surface area (TPSA) is 52.6 Å². The maximum absolute atomic E-state index is 12.0. The van der Waals surface area contributed by atoms with Crippen LogP contribution in [0.4, 0.5) is 0 Å². The maximum atomic E-state index is 12.0. The van der Waals surface area contributed by atoms with Crippen molar-refractivity contribution in [3.8, 4) is 0 Å². The Morgan fingerprint density at radius 2 is 2.31 bits per heavy atom. The lowest BCUT2D eigenvalue weighted by Crippen LogP contribution is -2.37. The zero-order valence-electron chi connectivity index (χ0n) is 9.82. The van der Waals surface area contributed by atoms with Gasteiger partial charge in [-0.3, -0.25) is 4.79 Å². The molecule has 2 heterocycles. The number of amides is 1. The van der Waals surface area contributed by atoms with Gasteiger partial charge in [0.15, 0.2) is 0 Å². The van der Waals surface area contributed by atoms with Gasteiger partial charge in [-0.15, -0.1) is 0 Å². The number of hydrogen-bond donors (Lipinski definition) is 2. The van der Waals surface area contributed by atoms with E-state index in [0.717, 1.165) is 38.9 Å². The number of nitrogens with one attached hydrogen (secondary N) is 1. The van der Waals surface area contributed by atoms with E-state index in [0.29, 0.717) is 12.3 Å². The van der Waals surface area contributed by atoms with Crippen molar-refractivity contribution in [1.82, 2.24) is 10.2 Å². The first-order valence-corrected chi connectivity index (χ1v) is 6.42. The highest BCUT2D eigenvalue weighted by Crippen LogP contribution is 2.20. The molecule has 0 aromatic carbocycles. The predicted molar refractivity (Wildman–Crippen MR) is 62.0 cm³/mol. The summed E-state index contributed by atoms with van der Waals surface area (Å²) >= 11 is 0. The van der Waals surface area contributed by atoms with E-state index in [4.69, 9.17) is 5.11 Å². The monoisotopic (exact) mass is 226 g/mol. The minimum absolute atomic E-state index is 0.0919. The summed E-state index contributed by atoms with van der Waals surface area (Å²) in [7, 11) is 0. The average Bonchev–Trinajstić information content (AvgIpc) is 2.96. The molecule has 2 unspecified atom stereocenters. The molecule has 2 saturated heterocycles. The smallest absolute Gasteiger partial charge is 0.222 e. The SMILES string of the molecule is O=C(CCC1CCNC1)N1CCCC1CO. The zero-order chi connectivity index (χ0) is 11.4. The molecule has 0 bridgehead atoms. The maximum Gasteiger partial charge on any atom is 0.222 e. The summed E-state index contributed by atoms with van der Waals surface area (Å²) in [4.78, 5) is 13.8. The summed E-state index contributed by atoms with van der Waals surface area (Å²) in [6.45, 7) is 3.13. The first-order chi connectivity index (χ1) is 7.81. The zero-order valence-corrected chi connectivity index (χ0v) is 9.82. The fraction of sp³-hybridized carbons (Fsp3) is 0.917. The van der Waals surface area contributed by atoms with Crippen molar-refractivity contribution in [2.24, 2.45) is 5.92 Å². The van der Waals surface area contributed by atoms with Crippen LogP contribution in [0.1, 0.15) is 32.1 Å². The van der Waals surface area contributed by atoms with E-state index in [1.807, 2.05) is 4.90 Å². The molecule has 2 rings (SSSR count). The number of nitrogens with zero attached hydrogens (tertiary/aromatic N) is 1. The number of aliphatic hydroxyl groups is 1. The molecule has 0 aliphatic carbocycles. The van der Waals surface area contributed by atoms with Gasteiger partial charge in [0, 0.05) is 13.0 Å². The molecule has 2 aliphatic heterocycles. The van der Waals surface area contributed by atoms with Gasteiger partial charge in [-0.1, -0.05) is 0 Å². The van der Waals surface area contributed by atoms with E-state index in [2.05, 4.69) is 5.32 Å². The summed E-state index contributed by atoms with van der Waals surface area (Å²) in [6, 6.07) is 0.0919. The molecule has 2 fully saturated rings. The van der Waals surface area contributed by atoms with Gasteiger partial charge >= 0.3 is 0 Å². The Labute approximate surface area is 97.0 Å². The second-order valence-corrected chi connectivity index (χ2v) is 4.96. The third-order valence-electron chi connectivity index (χ3n) is 3.84. The summed E-state index contributed by atoms with van der Waals surface area (Å²) in [5, 5.41) is 12.5. The predicted octanol–water partition coefficient (Wildman–Crippen LogP) is 0.359. The van der Waals surface area contributed by atoms with Crippen molar-refractivity contribution in [3.63, 3.8) is 0 Å². The van der Waals surface area contributed by atoms with Gasteiger partial charge < -0.3 is 15.3 Å². The standard InChI is InChI=1S/C12H22N2O2/c15-9-11-2-1-7-14(11)12(16)4-3-10-5-6-13-8-10/h10-11,13,15H,1-9H2. The lowest BCUT2D eigenvalue weighted by Gasteiger charge is -2.23. The molecular weight excluding hydrogens is 204 g/mol. The fourth-order valence-corrected chi connectivity index (χ4v) is 2.79. The van der Waals surface area contributed by atoms with Crippen LogP contribution in [0.3, 0.4) is 0 Å². The first kappa shape index (κ1) is 11.9. The third-order valence-corrected chi connectivity index (χ3v) is 3.84. The Hall–Kier alpha value is -0.610. The lowest BCUT2D eigenvalue weighted by atomic mass is 10.0. The molecule has 2 atom stereocenters. The average molecular weight is 226 g/mol. The van der Waals surface area contributed by atoms with Crippen molar-refractivity contribution < 1.29 is 9.90 Å². The Bertz CT molecular complexity index is 239. The molecule has 2 aliphatic rings. The quantitative estimate of drug-likeness (QED) is 0.728. The van der Waals surface area contributed by atoms with E-state index in [9.17, 15) is 4.79 Å². The van der Waals surface area contributed by atoms with Crippen molar-refractivity contribution in [1.29, 1.82) is 0 Å². The van der Waals surface area contributed by atoms with Gasteiger partial charge in [0.05, 0.1) is 12.6 Å². The van der Waals surface area contributed by atoms with Crippen LogP contribution >= 0.6 is 0 Å². The van der Waals surface area contributed by atoms with E-state index in [-0.39, 0.29) is 18.6 Å². The number of carbonyl (C=O) groups excluding carboxylic acids is 1. The Morgan fingerprint density at radius 1 is 1.44 bits per heavy atom. The molecule has 0 aromatic heterocycles. The van der Waals surface area contributed by atoms with Crippen molar-refractivity contribution in [3.05, 3.63) is 0 Å². The van der Waals surface area contributed by atoms with Crippen LogP contribution in [-0.2, 0) is 4.79 Å². The van der Waals surface area contributed by atoms with Gasteiger partial charge in [-0.25, -0.2) is 0 Å².